The van der Waals surface area contributed by atoms with Crippen molar-refractivity contribution in [3.8, 4) is 22.6 Å². The van der Waals surface area contributed by atoms with E-state index in [2.05, 4.69) is 13.8 Å². The minimum absolute atomic E-state index is 0.298. The van der Waals surface area contributed by atoms with E-state index in [0.29, 0.717) is 17.1 Å². The van der Waals surface area contributed by atoms with E-state index in [0.717, 1.165) is 42.4 Å². The Kier molecular flexibility index (Phi) is 4.67. The van der Waals surface area contributed by atoms with Crippen LogP contribution in [0.1, 0.15) is 37.8 Å². The van der Waals surface area contributed by atoms with E-state index in [1.165, 1.54) is 0 Å². The summed E-state index contributed by atoms with van der Waals surface area (Å²) in [5.41, 5.74) is 3.44. The first kappa shape index (κ1) is 14.4. The molecule has 106 valence electrons. The summed E-state index contributed by atoms with van der Waals surface area (Å²) < 4.78 is 0. The van der Waals surface area contributed by atoms with Gasteiger partial charge < -0.3 is 10.2 Å². The Labute approximate surface area is 120 Å². The van der Waals surface area contributed by atoms with Crippen molar-refractivity contribution < 1.29 is 10.2 Å². The molecule has 2 rings (SSSR count). The zero-order chi connectivity index (χ0) is 14.5. The van der Waals surface area contributed by atoms with Crippen molar-refractivity contribution in [1.82, 2.24) is 0 Å². The molecule has 0 aliphatic heterocycles. The predicted octanol–water partition coefficient (Wildman–Crippen LogP) is 4.67. The largest absolute Gasteiger partial charge is 0.508 e. The average Bonchev–Trinajstić information content (AvgIpc) is 2.47. The van der Waals surface area contributed by atoms with Gasteiger partial charge in [0.1, 0.15) is 11.5 Å². The summed E-state index contributed by atoms with van der Waals surface area (Å²) in [5, 5.41) is 20.9. The van der Waals surface area contributed by atoms with Crippen molar-refractivity contribution in [3.05, 3.63) is 47.5 Å². The molecule has 0 bridgehead atoms. The van der Waals surface area contributed by atoms with Gasteiger partial charge in [-0.3, -0.25) is 0 Å². The maximum Gasteiger partial charge on any atom is 0.127 e. The van der Waals surface area contributed by atoms with Crippen molar-refractivity contribution in [3.63, 3.8) is 0 Å². The second kappa shape index (κ2) is 6.47. The molecule has 0 aromatic heterocycles. The minimum atomic E-state index is 0.298. The Morgan fingerprint density at radius 2 is 1.45 bits per heavy atom. The van der Waals surface area contributed by atoms with Crippen LogP contribution in [0.15, 0.2) is 36.4 Å². The molecule has 0 saturated heterocycles. The van der Waals surface area contributed by atoms with E-state index in [4.69, 9.17) is 0 Å². The van der Waals surface area contributed by atoms with Crippen LogP contribution in [-0.2, 0) is 12.8 Å². The molecule has 0 unspecified atom stereocenters. The van der Waals surface area contributed by atoms with Gasteiger partial charge in [-0.05, 0) is 24.5 Å². The third kappa shape index (κ3) is 2.79. The van der Waals surface area contributed by atoms with Crippen LogP contribution in [0.25, 0.3) is 11.1 Å². The number of hydrogen-bond donors (Lipinski definition) is 2. The molecule has 0 amide bonds. The van der Waals surface area contributed by atoms with E-state index in [1.807, 2.05) is 30.3 Å². The van der Waals surface area contributed by atoms with Gasteiger partial charge in [0.05, 0.1) is 0 Å². The number of benzene rings is 2. The van der Waals surface area contributed by atoms with E-state index in [9.17, 15) is 10.2 Å². The lowest BCUT2D eigenvalue weighted by molar-refractivity contribution is 0.448. The first-order chi connectivity index (χ1) is 9.69. The highest BCUT2D eigenvalue weighted by Crippen LogP contribution is 2.40. The second-order valence-electron chi connectivity index (χ2n) is 5.11. The van der Waals surface area contributed by atoms with E-state index >= 15 is 0 Å². The fourth-order valence-electron chi connectivity index (χ4n) is 2.64. The highest BCUT2D eigenvalue weighted by molar-refractivity contribution is 5.75. The molecule has 2 heteroatoms. The first-order valence-electron chi connectivity index (χ1n) is 7.31. The highest BCUT2D eigenvalue weighted by Gasteiger charge is 2.17. The Morgan fingerprint density at radius 3 is 2.05 bits per heavy atom. The van der Waals surface area contributed by atoms with Gasteiger partial charge in [-0.15, -0.1) is 0 Å². The van der Waals surface area contributed by atoms with Gasteiger partial charge in [-0.1, -0.05) is 57.0 Å². The molecular formula is C18H22O2. The standard InChI is InChI=1S/C18H22O2/c1-3-8-14-15(9-4-2)18(20)16(12-17(14)19)13-10-6-5-7-11-13/h5-7,10-12,19-20H,3-4,8-9H2,1-2H3. The quantitative estimate of drug-likeness (QED) is 0.775. The van der Waals surface area contributed by atoms with Crippen molar-refractivity contribution >= 4 is 0 Å². The average molecular weight is 270 g/mol. The predicted molar refractivity (Wildman–Crippen MR) is 83.2 cm³/mol. The molecule has 0 aliphatic rings. The number of hydrogen-bond acceptors (Lipinski definition) is 2. The zero-order valence-corrected chi connectivity index (χ0v) is 12.2. The molecule has 2 aromatic carbocycles. The van der Waals surface area contributed by atoms with Gasteiger partial charge in [0.25, 0.3) is 0 Å². The van der Waals surface area contributed by atoms with Crippen LogP contribution >= 0.6 is 0 Å². The smallest absolute Gasteiger partial charge is 0.127 e. The molecule has 0 radical (unpaired) electrons. The Balaban J connectivity index is 2.61. The van der Waals surface area contributed by atoms with Crippen LogP contribution in [0.2, 0.25) is 0 Å². The topological polar surface area (TPSA) is 40.5 Å². The second-order valence-corrected chi connectivity index (χ2v) is 5.11. The third-order valence-corrected chi connectivity index (χ3v) is 3.58. The van der Waals surface area contributed by atoms with Crippen LogP contribution in [0, 0.1) is 0 Å². The van der Waals surface area contributed by atoms with Crippen LogP contribution in [0.3, 0.4) is 0 Å². The molecular weight excluding hydrogens is 248 g/mol. The molecule has 2 nitrogen and oxygen atoms in total. The maximum atomic E-state index is 10.6. The van der Waals surface area contributed by atoms with Crippen molar-refractivity contribution in [2.75, 3.05) is 0 Å². The Bertz CT molecular complexity index is 574. The van der Waals surface area contributed by atoms with Gasteiger partial charge >= 0.3 is 0 Å². The monoisotopic (exact) mass is 270 g/mol. The normalized spacial score (nSPS) is 10.7. The SMILES string of the molecule is CCCc1c(O)cc(-c2ccccc2)c(O)c1CCC. The third-order valence-electron chi connectivity index (χ3n) is 3.58. The van der Waals surface area contributed by atoms with Gasteiger partial charge in [0.15, 0.2) is 0 Å². The summed E-state index contributed by atoms with van der Waals surface area (Å²) in [6.45, 7) is 4.17. The summed E-state index contributed by atoms with van der Waals surface area (Å²) in [6, 6.07) is 11.4. The molecule has 0 saturated carbocycles. The number of aromatic hydroxyl groups is 2. The lowest BCUT2D eigenvalue weighted by Gasteiger charge is -2.16. The Hall–Kier alpha value is -1.96. The molecule has 0 heterocycles. The van der Waals surface area contributed by atoms with Crippen LogP contribution in [0.4, 0.5) is 0 Å². The van der Waals surface area contributed by atoms with Crippen molar-refractivity contribution in [2.45, 2.75) is 39.5 Å². The minimum Gasteiger partial charge on any atom is -0.508 e. The fraction of sp³-hybridized carbons (Fsp3) is 0.333. The van der Waals surface area contributed by atoms with Crippen molar-refractivity contribution in [1.29, 1.82) is 0 Å². The molecule has 20 heavy (non-hydrogen) atoms. The molecule has 0 fully saturated rings. The lowest BCUT2D eigenvalue weighted by atomic mass is 9.92. The summed E-state index contributed by atoms with van der Waals surface area (Å²) >= 11 is 0. The van der Waals surface area contributed by atoms with Gasteiger partial charge in [0, 0.05) is 16.7 Å². The maximum absolute atomic E-state index is 10.6. The summed E-state index contributed by atoms with van der Waals surface area (Å²) in [7, 11) is 0. The summed E-state index contributed by atoms with van der Waals surface area (Å²) in [6.07, 6.45) is 3.48. The number of phenolic OH excluding ortho intramolecular Hbond substituents is 2. The molecule has 2 N–H and O–H groups in total. The van der Waals surface area contributed by atoms with E-state index in [1.54, 1.807) is 6.07 Å². The molecule has 0 atom stereocenters. The summed E-state index contributed by atoms with van der Waals surface area (Å²) in [5.74, 6) is 0.617. The number of rotatable bonds is 5. The van der Waals surface area contributed by atoms with Crippen LogP contribution in [0.5, 0.6) is 11.5 Å². The van der Waals surface area contributed by atoms with Crippen LogP contribution < -0.4 is 0 Å². The molecule has 0 aliphatic carbocycles. The van der Waals surface area contributed by atoms with Gasteiger partial charge in [-0.25, -0.2) is 0 Å². The Morgan fingerprint density at radius 1 is 0.850 bits per heavy atom. The molecule has 2 aromatic rings. The van der Waals surface area contributed by atoms with Crippen LogP contribution in [-0.4, -0.2) is 10.2 Å². The highest BCUT2D eigenvalue weighted by atomic mass is 16.3. The van der Waals surface area contributed by atoms with E-state index in [-0.39, 0.29) is 0 Å². The van der Waals surface area contributed by atoms with Crippen molar-refractivity contribution in [2.24, 2.45) is 0 Å². The van der Waals surface area contributed by atoms with Gasteiger partial charge in [0.2, 0.25) is 0 Å². The fourth-order valence-corrected chi connectivity index (χ4v) is 2.64. The summed E-state index contributed by atoms with van der Waals surface area (Å²) in [4.78, 5) is 0. The van der Waals surface area contributed by atoms with Gasteiger partial charge in [-0.2, -0.15) is 0 Å². The lowest BCUT2D eigenvalue weighted by Crippen LogP contribution is -1.97. The first-order valence-corrected chi connectivity index (χ1v) is 7.31. The van der Waals surface area contributed by atoms with E-state index < -0.39 is 0 Å². The number of phenols is 2. The zero-order valence-electron chi connectivity index (χ0n) is 12.2. The molecule has 0 spiro atoms.